The van der Waals surface area contributed by atoms with Gasteiger partial charge in [0.25, 0.3) is 0 Å². The lowest BCUT2D eigenvalue weighted by Gasteiger charge is -2.22. The van der Waals surface area contributed by atoms with Crippen LogP contribution in [0.1, 0.15) is 24.5 Å². The van der Waals surface area contributed by atoms with Crippen molar-refractivity contribution in [2.75, 3.05) is 13.7 Å². The zero-order chi connectivity index (χ0) is 11.3. The number of nitrogens with zero attached hydrogens (tertiary/aromatic N) is 1. The number of rotatable bonds is 6. The summed E-state index contributed by atoms with van der Waals surface area (Å²) in [5, 5.41) is 6.56. The number of aromatic nitrogens is 1. The Morgan fingerprint density at radius 3 is 2.80 bits per heavy atom. The lowest BCUT2D eigenvalue weighted by molar-refractivity contribution is 0.0496. The number of aryl methyl sites for hydroxylation is 1. The largest absolute Gasteiger partial charge is 0.377 e. The number of ether oxygens (including phenoxy) is 1. The molecule has 0 aromatic carbocycles. The van der Waals surface area contributed by atoms with Gasteiger partial charge >= 0.3 is 0 Å². The highest BCUT2D eigenvalue weighted by atomic mass is 32.1. The van der Waals surface area contributed by atoms with Crippen molar-refractivity contribution in [2.24, 2.45) is 0 Å². The third kappa shape index (κ3) is 3.89. The zero-order valence-electron chi connectivity index (χ0n) is 9.91. The summed E-state index contributed by atoms with van der Waals surface area (Å²) in [7, 11) is 1.97. The second-order valence-electron chi connectivity index (χ2n) is 3.64. The molecule has 0 aliphatic carbocycles. The SMILES string of the molecule is CCOC(C)C(Cc1nc(C)cs1)NC. The highest BCUT2D eigenvalue weighted by molar-refractivity contribution is 7.09. The quantitative estimate of drug-likeness (QED) is 0.808. The van der Waals surface area contributed by atoms with Crippen LogP contribution in [0, 0.1) is 6.92 Å². The summed E-state index contributed by atoms with van der Waals surface area (Å²) >= 11 is 1.72. The molecule has 0 aliphatic rings. The molecule has 0 spiro atoms. The molecule has 86 valence electrons. The average Bonchev–Trinajstić information content (AvgIpc) is 2.61. The summed E-state index contributed by atoms with van der Waals surface area (Å²) in [5.74, 6) is 0. The van der Waals surface area contributed by atoms with Gasteiger partial charge in [0.1, 0.15) is 0 Å². The summed E-state index contributed by atoms with van der Waals surface area (Å²) in [6.07, 6.45) is 1.17. The predicted octanol–water partition coefficient (Wildman–Crippen LogP) is 2.01. The lowest BCUT2D eigenvalue weighted by Crippen LogP contribution is -2.39. The van der Waals surface area contributed by atoms with Crippen LogP contribution in [-0.4, -0.2) is 30.8 Å². The Kier molecular flexibility index (Phi) is 5.22. The van der Waals surface area contributed by atoms with Crippen LogP contribution in [0.2, 0.25) is 0 Å². The summed E-state index contributed by atoms with van der Waals surface area (Å²) in [5.41, 5.74) is 1.11. The number of hydrogen-bond donors (Lipinski definition) is 1. The molecule has 1 aromatic rings. The van der Waals surface area contributed by atoms with Crippen molar-refractivity contribution in [3.8, 4) is 0 Å². The Labute approximate surface area is 95.9 Å². The third-order valence-electron chi connectivity index (χ3n) is 2.43. The van der Waals surface area contributed by atoms with Crippen molar-refractivity contribution in [3.05, 3.63) is 16.1 Å². The van der Waals surface area contributed by atoms with E-state index in [2.05, 4.69) is 22.6 Å². The standard InChI is InChI=1S/C11H20N2OS/c1-5-14-9(3)10(12-4)6-11-13-8(2)7-15-11/h7,9-10,12H,5-6H2,1-4H3. The van der Waals surface area contributed by atoms with Gasteiger partial charge in [-0.05, 0) is 27.8 Å². The van der Waals surface area contributed by atoms with E-state index in [4.69, 9.17) is 4.74 Å². The molecule has 0 radical (unpaired) electrons. The summed E-state index contributed by atoms with van der Waals surface area (Å²) in [6.45, 7) is 6.92. The van der Waals surface area contributed by atoms with E-state index in [9.17, 15) is 0 Å². The van der Waals surface area contributed by atoms with Crippen molar-refractivity contribution < 1.29 is 4.74 Å². The molecule has 1 heterocycles. The second-order valence-corrected chi connectivity index (χ2v) is 4.59. The van der Waals surface area contributed by atoms with E-state index in [-0.39, 0.29) is 6.10 Å². The van der Waals surface area contributed by atoms with Gasteiger partial charge in [-0.2, -0.15) is 0 Å². The fourth-order valence-electron chi connectivity index (χ4n) is 1.57. The lowest BCUT2D eigenvalue weighted by atomic mass is 10.1. The monoisotopic (exact) mass is 228 g/mol. The maximum Gasteiger partial charge on any atom is 0.0944 e. The molecule has 0 saturated heterocycles. The Bertz CT molecular complexity index is 288. The highest BCUT2D eigenvalue weighted by Crippen LogP contribution is 2.13. The van der Waals surface area contributed by atoms with Gasteiger partial charge in [0.2, 0.25) is 0 Å². The van der Waals surface area contributed by atoms with Crippen LogP contribution >= 0.6 is 11.3 Å². The van der Waals surface area contributed by atoms with E-state index in [0.29, 0.717) is 6.04 Å². The molecule has 4 heteroatoms. The van der Waals surface area contributed by atoms with Gasteiger partial charge < -0.3 is 10.1 Å². The Hall–Kier alpha value is -0.450. The first-order valence-electron chi connectivity index (χ1n) is 5.37. The fourth-order valence-corrected chi connectivity index (χ4v) is 2.40. The predicted molar refractivity (Wildman–Crippen MR) is 64.5 cm³/mol. The minimum absolute atomic E-state index is 0.226. The van der Waals surface area contributed by atoms with Gasteiger partial charge in [0, 0.05) is 30.1 Å². The average molecular weight is 228 g/mol. The zero-order valence-corrected chi connectivity index (χ0v) is 10.7. The van der Waals surface area contributed by atoms with Gasteiger partial charge in [-0.1, -0.05) is 0 Å². The minimum atomic E-state index is 0.226. The normalized spacial score (nSPS) is 15.2. The molecular formula is C11H20N2OS. The molecule has 2 unspecified atom stereocenters. The van der Waals surface area contributed by atoms with Crippen LogP contribution in [0.5, 0.6) is 0 Å². The first-order valence-corrected chi connectivity index (χ1v) is 6.25. The van der Waals surface area contributed by atoms with Gasteiger partial charge in [-0.25, -0.2) is 4.98 Å². The first-order chi connectivity index (χ1) is 7.17. The molecule has 3 nitrogen and oxygen atoms in total. The first kappa shape index (κ1) is 12.6. The fraction of sp³-hybridized carbons (Fsp3) is 0.727. The van der Waals surface area contributed by atoms with E-state index < -0.39 is 0 Å². The Morgan fingerprint density at radius 2 is 2.33 bits per heavy atom. The summed E-state index contributed by atoms with van der Waals surface area (Å²) in [6, 6.07) is 0.343. The molecule has 1 aromatic heterocycles. The van der Waals surface area contributed by atoms with E-state index in [1.165, 1.54) is 5.01 Å². The molecule has 1 N–H and O–H groups in total. The molecule has 1 rings (SSSR count). The number of likely N-dealkylation sites (N-methyl/N-ethyl adjacent to an activating group) is 1. The van der Waals surface area contributed by atoms with Crippen molar-refractivity contribution in [1.29, 1.82) is 0 Å². The molecular weight excluding hydrogens is 208 g/mol. The topological polar surface area (TPSA) is 34.1 Å². The van der Waals surface area contributed by atoms with E-state index >= 15 is 0 Å². The maximum atomic E-state index is 5.59. The smallest absolute Gasteiger partial charge is 0.0944 e. The highest BCUT2D eigenvalue weighted by Gasteiger charge is 2.17. The van der Waals surface area contributed by atoms with E-state index in [0.717, 1.165) is 18.7 Å². The summed E-state index contributed by atoms with van der Waals surface area (Å²) < 4.78 is 5.59. The van der Waals surface area contributed by atoms with Gasteiger partial charge in [-0.15, -0.1) is 11.3 Å². The van der Waals surface area contributed by atoms with E-state index in [1.54, 1.807) is 11.3 Å². The third-order valence-corrected chi connectivity index (χ3v) is 3.42. The molecule has 0 amide bonds. The van der Waals surface area contributed by atoms with Crippen LogP contribution in [0.25, 0.3) is 0 Å². The molecule has 0 fully saturated rings. The van der Waals surface area contributed by atoms with Crippen LogP contribution in [0.4, 0.5) is 0 Å². The Morgan fingerprint density at radius 1 is 1.60 bits per heavy atom. The maximum absolute atomic E-state index is 5.59. The van der Waals surface area contributed by atoms with Gasteiger partial charge in [0.15, 0.2) is 0 Å². The molecule has 0 bridgehead atoms. The number of thiazole rings is 1. The molecule has 15 heavy (non-hydrogen) atoms. The van der Waals surface area contributed by atoms with Gasteiger partial charge in [0.05, 0.1) is 11.1 Å². The summed E-state index contributed by atoms with van der Waals surface area (Å²) in [4.78, 5) is 4.46. The Balaban J connectivity index is 2.53. The van der Waals surface area contributed by atoms with Crippen molar-refractivity contribution in [1.82, 2.24) is 10.3 Å². The van der Waals surface area contributed by atoms with Crippen LogP contribution in [0.3, 0.4) is 0 Å². The van der Waals surface area contributed by atoms with Crippen molar-refractivity contribution in [2.45, 2.75) is 39.3 Å². The molecule has 0 aliphatic heterocycles. The second kappa shape index (κ2) is 6.20. The minimum Gasteiger partial charge on any atom is -0.377 e. The van der Waals surface area contributed by atoms with E-state index in [1.807, 2.05) is 20.9 Å². The number of nitrogens with one attached hydrogen (secondary N) is 1. The van der Waals surface area contributed by atoms with Crippen LogP contribution < -0.4 is 5.32 Å². The van der Waals surface area contributed by atoms with Crippen molar-refractivity contribution >= 4 is 11.3 Å². The van der Waals surface area contributed by atoms with Gasteiger partial charge in [-0.3, -0.25) is 0 Å². The van der Waals surface area contributed by atoms with Crippen LogP contribution in [0.15, 0.2) is 5.38 Å². The van der Waals surface area contributed by atoms with Crippen LogP contribution in [-0.2, 0) is 11.2 Å². The molecule has 0 saturated carbocycles. The van der Waals surface area contributed by atoms with Crippen molar-refractivity contribution in [3.63, 3.8) is 0 Å². The number of hydrogen-bond acceptors (Lipinski definition) is 4. The molecule has 2 atom stereocenters.